The van der Waals surface area contributed by atoms with Gasteiger partial charge in [0.25, 0.3) is 0 Å². The molecule has 2 N–H and O–H groups in total. The molecule has 1 unspecified atom stereocenters. The lowest BCUT2D eigenvalue weighted by atomic mass is 10.1. The van der Waals surface area contributed by atoms with Crippen molar-refractivity contribution >= 4 is 29.9 Å². The maximum Gasteiger partial charge on any atom is 0.191 e. The molecule has 0 amide bonds. The van der Waals surface area contributed by atoms with E-state index >= 15 is 0 Å². The number of hydrogen-bond donors (Lipinski definition) is 2. The Hall–Kier alpha value is -1.87. The molecule has 28 heavy (non-hydrogen) atoms. The van der Waals surface area contributed by atoms with Crippen molar-refractivity contribution < 1.29 is 13.9 Å². The zero-order valence-electron chi connectivity index (χ0n) is 16.2. The number of benzene rings is 2. The molecule has 0 saturated carbocycles. The van der Waals surface area contributed by atoms with Crippen LogP contribution in [0.15, 0.2) is 47.5 Å². The Morgan fingerprint density at radius 2 is 2.04 bits per heavy atom. The van der Waals surface area contributed by atoms with Crippen LogP contribution < -0.4 is 15.4 Å². The van der Waals surface area contributed by atoms with Gasteiger partial charge < -0.3 is 20.1 Å². The Morgan fingerprint density at radius 1 is 1.21 bits per heavy atom. The van der Waals surface area contributed by atoms with Gasteiger partial charge in [-0.1, -0.05) is 24.3 Å². The van der Waals surface area contributed by atoms with Crippen LogP contribution in [0.1, 0.15) is 23.1 Å². The molecule has 2 aromatic rings. The van der Waals surface area contributed by atoms with Crippen LogP contribution >= 0.6 is 24.0 Å². The molecule has 2 aromatic carbocycles. The van der Waals surface area contributed by atoms with Crippen molar-refractivity contribution in [1.29, 1.82) is 0 Å². The molecule has 0 radical (unpaired) electrons. The number of hydrogen-bond acceptors (Lipinski definition) is 3. The standard InChI is InChI=1S/C21H26FN3O2.HI/c1-15-6-7-17(20(10-15)27-19-8-9-26-14-19)13-25-21(23-2)24-12-16-4-3-5-18(22)11-16;/h3-7,10-11,19H,8-9,12-14H2,1-2H3,(H2,23,24,25);1H. The highest BCUT2D eigenvalue weighted by molar-refractivity contribution is 14.0. The van der Waals surface area contributed by atoms with Crippen LogP contribution in [0, 0.1) is 12.7 Å². The molecule has 7 heteroatoms. The highest BCUT2D eigenvalue weighted by Gasteiger charge is 2.18. The lowest BCUT2D eigenvalue weighted by Crippen LogP contribution is -2.36. The zero-order valence-corrected chi connectivity index (χ0v) is 18.5. The average molecular weight is 499 g/mol. The molecule has 5 nitrogen and oxygen atoms in total. The van der Waals surface area contributed by atoms with Crippen molar-refractivity contribution in [2.24, 2.45) is 4.99 Å². The maximum atomic E-state index is 13.3. The van der Waals surface area contributed by atoms with Crippen LogP contribution in [-0.2, 0) is 17.8 Å². The van der Waals surface area contributed by atoms with Crippen molar-refractivity contribution in [2.75, 3.05) is 20.3 Å². The van der Waals surface area contributed by atoms with E-state index in [-0.39, 0.29) is 35.9 Å². The first-order chi connectivity index (χ1) is 13.1. The Kier molecular flexibility index (Phi) is 8.98. The third-order valence-electron chi connectivity index (χ3n) is 4.42. The summed E-state index contributed by atoms with van der Waals surface area (Å²) < 4.78 is 24.8. The first-order valence-electron chi connectivity index (χ1n) is 9.17. The Morgan fingerprint density at radius 3 is 2.75 bits per heavy atom. The van der Waals surface area contributed by atoms with Crippen LogP contribution in [0.2, 0.25) is 0 Å². The first kappa shape index (κ1) is 22.4. The van der Waals surface area contributed by atoms with Gasteiger partial charge >= 0.3 is 0 Å². The number of halogens is 2. The molecule has 152 valence electrons. The summed E-state index contributed by atoms with van der Waals surface area (Å²) in [5.74, 6) is 1.28. The van der Waals surface area contributed by atoms with Gasteiger partial charge in [0.05, 0.1) is 13.2 Å². The number of aliphatic imine (C=N–C) groups is 1. The van der Waals surface area contributed by atoms with E-state index in [2.05, 4.69) is 40.7 Å². The second kappa shape index (κ2) is 11.2. The van der Waals surface area contributed by atoms with Gasteiger partial charge in [0, 0.05) is 32.1 Å². The lowest BCUT2D eigenvalue weighted by Gasteiger charge is -2.18. The summed E-state index contributed by atoms with van der Waals surface area (Å²) in [6, 6.07) is 12.7. The topological polar surface area (TPSA) is 54.9 Å². The van der Waals surface area contributed by atoms with Crippen molar-refractivity contribution in [3.8, 4) is 5.75 Å². The summed E-state index contributed by atoms with van der Waals surface area (Å²) in [5.41, 5.74) is 3.07. The number of nitrogens with zero attached hydrogens (tertiary/aromatic N) is 1. The molecule has 1 saturated heterocycles. The molecule has 1 aliphatic rings. The normalized spacial score (nSPS) is 16.4. The number of nitrogens with one attached hydrogen (secondary N) is 2. The second-order valence-corrected chi connectivity index (χ2v) is 6.62. The molecule has 0 aromatic heterocycles. The fourth-order valence-electron chi connectivity index (χ4n) is 2.94. The van der Waals surface area contributed by atoms with Gasteiger partial charge in [-0.15, -0.1) is 24.0 Å². The quantitative estimate of drug-likeness (QED) is 0.361. The number of aryl methyl sites for hydroxylation is 1. The Bertz CT molecular complexity index is 795. The van der Waals surface area contributed by atoms with Crippen LogP contribution in [0.4, 0.5) is 4.39 Å². The third-order valence-corrected chi connectivity index (χ3v) is 4.42. The van der Waals surface area contributed by atoms with E-state index in [0.717, 1.165) is 35.5 Å². The van der Waals surface area contributed by atoms with Gasteiger partial charge in [-0.05, 0) is 36.2 Å². The fourth-order valence-corrected chi connectivity index (χ4v) is 2.94. The van der Waals surface area contributed by atoms with E-state index in [4.69, 9.17) is 9.47 Å². The van der Waals surface area contributed by atoms with E-state index in [1.165, 1.54) is 12.1 Å². The van der Waals surface area contributed by atoms with Crippen molar-refractivity contribution in [3.63, 3.8) is 0 Å². The Balaban J connectivity index is 0.00000280. The van der Waals surface area contributed by atoms with Crippen LogP contribution in [0.3, 0.4) is 0 Å². The minimum Gasteiger partial charge on any atom is -0.488 e. The van der Waals surface area contributed by atoms with E-state index in [0.29, 0.717) is 25.7 Å². The molecule has 0 aliphatic carbocycles. The highest BCUT2D eigenvalue weighted by Crippen LogP contribution is 2.23. The molecule has 1 fully saturated rings. The number of rotatable bonds is 6. The summed E-state index contributed by atoms with van der Waals surface area (Å²) in [5, 5.41) is 6.49. The van der Waals surface area contributed by atoms with Crippen LogP contribution in [0.5, 0.6) is 5.75 Å². The van der Waals surface area contributed by atoms with Gasteiger partial charge in [0.1, 0.15) is 17.7 Å². The van der Waals surface area contributed by atoms with Crippen molar-refractivity contribution in [1.82, 2.24) is 10.6 Å². The van der Waals surface area contributed by atoms with Gasteiger partial charge in [0.15, 0.2) is 5.96 Å². The summed E-state index contributed by atoms with van der Waals surface area (Å²) >= 11 is 0. The van der Waals surface area contributed by atoms with Crippen LogP contribution in [0.25, 0.3) is 0 Å². The molecule has 3 rings (SSSR count). The van der Waals surface area contributed by atoms with Gasteiger partial charge in [0.2, 0.25) is 0 Å². The summed E-state index contributed by atoms with van der Waals surface area (Å²) in [6.07, 6.45) is 1.02. The van der Waals surface area contributed by atoms with Crippen molar-refractivity contribution in [2.45, 2.75) is 32.5 Å². The fraction of sp³-hybridized carbons (Fsp3) is 0.381. The smallest absolute Gasteiger partial charge is 0.191 e. The highest BCUT2D eigenvalue weighted by atomic mass is 127. The second-order valence-electron chi connectivity index (χ2n) is 6.62. The maximum absolute atomic E-state index is 13.3. The summed E-state index contributed by atoms with van der Waals surface area (Å²) in [7, 11) is 1.71. The molecule has 1 heterocycles. The third kappa shape index (κ3) is 6.63. The van der Waals surface area contributed by atoms with E-state index in [1.807, 2.05) is 6.07 Å². The van der Waals surface area contributed by atoms with Crippen LogP contribution in [-0.4, -0.2) is 32.3 Å². The largest absolute Gasteiger partial charge is 0.488 e. The summed E-state index contributed by atoms with van der Waals surface area (Å²) in [6.45, 7) is 4.51. The molecular formula is C21H27FIN3O2. The lowest BCUT2D eigenvalue weighted by molar-refractivity contribution is 0.140. The van der Waals surface area contributed by atoms with E-state index < -0.39 is 0 Å². The zero-order chi connectivity index (χ0) is 19.1. The monoisotopic (exact) mass is 499 g/mol. The molecule has 1 atom stereocenters. The van der Waals surface area contributed by atoms with Crippen molar-refractivity contribution in [3.05, 3.63) is 65.0 Å². The SMILES string of the molecule is CN=C(NCc1cccc(F)c1)NCc1ccc(C)cc1OC1CCOC1.I. The Labute approximate surface area is 182 Å². The molecule has 0 spiro atoms. The molecule has 1 aliphatic heterocycles. The average Bonchev–Trinajstić information content (AvgIpc) is 3.16. The minimum atomic E-state index is -0.241. The molecule has 0 bridgehead atoms. The number of ether oxygens (including phenoxy) is 2. The minimum absolute atomic E-state index is 0. The van der Waals surface area contributed by atoms with E-state index in [9.17, 15) is 4.39 Å². The number of guanidine groups is 1. The summed E-state index contributed by atoms with van der Waals surface area (Å²) in [4.78, 5) is 4.23. The molecular weight excluding hydrogens is 472 g/mol. The van der Waals surface area contributed by atoms with Gasteiger partial charge in [-0.3, -0.25) is 4.99 Å². The first-order valence-corrected chi connectivity index (χ1v) is 9.17. The van der Waals surface area contributed by atoms with Gasteiger partial charge in [-0.2, -0.15) is 0 Å². The predicted molar refractivity (Wildman–Crippen MR) is 120 cm³/mol. The van der Waals surface area contributed by atoms with E-state index in [1.54, 1.807) is 13.1 Å². The van der Waals surface area contributed by atoms with Gasteiger partial charge in [-0.25, -0.2) is 4.39 Å². The predicted octanol–water partition coefficient (Wildman–Crippen LogP) is 3.79.